The van der Waals surface area contributed by atoms with Crippen molar-refractivity contribution in [2.45, 2.75) is 51.5 Å². The first-order valence-electron chi connectivity index (χ1n) is 7.02. The van der Waals surface area contributed by atoms with Gasteiger partial charge in [0.25, 0.3) is 0 Å². The maximum absolute atomic E-state index is 10.9. The van der Waals surface area contributed by atoms with Crippen LogP contribution in [0.5, 0.6) is 0 Å². The minimum absolute atomic E-state index is 0.0107. The van der Waals surface area contributed by atoms with E-state index in [0.717, 1.165) is 6.42 Å². The van der Waals surface area contributed by atoms with Gasteiger partial charge in [0.05, 0.1) is 12.4 Å². The Bertz CT molecular complexity index is 430. The molecule has 0 saturated heterocycles. The van der Waals surface area contributed by atoms with Gasteiger partial charge in [0, 0.05) is 6.04 Å². The molecule has 1 saturated carbocycles. The van der Waals surface area contributed by atoms with E-state index in [1.807, 2.05) is 0 Å². The van der Waals surface area contributed by atoms with Crippen molar-refractivity contribution < 1.29 is 9.90 Å². The van der Waals surface area contributed by atoms with Gasteiger partial charge in [0.2, 0.25) is 0 Å². The number of nitrogens with zero attached hydrogens (tertiary/aromatic N) is 2. The third kappa shape index (κ3) is 3.66. The number of nitrogens with one attached hydrogen (secondary N) is 1. The van der Waals surface area contributed by atoms with Gasteiger partial charge < -0.3 is 10.4 Å². The minimum atomic E-state index is -1.04. The zero-order valence-electron chi connectivity index (χ0n) is 11.3. The van der Waals surface area contributed by atoms with E-state index in [2.05, 4.69) is 22.2 Å². The molecule has 0 bridgehead atoms. The van der Waals surface area contributed by atoms with Crippen molar-refractivity contribution in [3.63, 3.8) is 0 Å². The lowest BCUT2D eigenvalue weighted by molar-refractivity contribution is 0.0690. The predicted molar refractivity (Wildman–Crippen MR) is 73.3 cm³/mol. The van der Waals surface area contributed by atoms with Gasteiger partial charge in [0.15, 0.2) is 5.69 Å². The fourth-order valence-electron chi connectivity index (χ4n) is 2.82. The molecule has 2 N–H and O–H groups in total. The van der Waals surface area contributed by atoms with E-state index < -0.39 is 5.97 Å². The molecule has 1 unspecified atom stereocenters. The number of carbonyl (C=O) groups is 1. The molecule has 104 valence electrons. The Balaban J connectivity index is 2.04. The Kier molecular flexibility index (Phi) is 4.71. The summed E-state index contributed by atoms with van der Waals surface area (Å²) in [6, 6.07) is 0.360. The average molecular weight is 263 g/mol. The molecule has 5 nitrogen and oxygen atoms in total. The van der Waals surface area contributed by atoms with E-state index in [1.54, 1.807) is 6.20 Å². The molecule has 0 spiro atoms. The van der Waals surface area contributed by atoms with Crippen molar-refractivity contribution in [3.05, 3.63) is 18.1 Å². The first-order valence-corrected chi connectivity index (χ1v) is 7.02. The number of aromatic nitrogens is 2. The Labute approximate surface area is 113 Å². The van der Waals surface area contributed by atoms with Crippen LogP contribution in [0.1, 0.15) is 55.9 Å². The summed E-state index contributed by atoms with van der Waals surface area (Å²) in [5, 5.41) is 12.3. The van der Waals surface area contributed by atoms with E-state index in [4.69, 9.17) is 5.11 Å². The van der Waals surface area contributed by atoms with Crippen molar-refractivity contribution in [2.75, 3.05) is 5.32 Å². The second-order valence-electron chi connectivity index (χ2n) is 5.15. The van der Waals surface area contributed by atoms with Crippen LogP contribution in [0.4, 0.5) is 5.82 Å². The van der Waals surface area contributed by atoms with Crippen molar-refractivity contribution in [1.82, 2.24) is 9.97 Å². The van der Waals surface area contributed by atoms with Crippen molar-refractivity contribution >= 4 is 11.8 Å². The van der Waals surface area contributed by atoms with E-state index in [9.17, 15) is 4.79 Å². The molecule has 19 heavy (non-hydrogen) atoms. The molecule has 2 rings (SSSR count). The van der Waals surface area contributed by atoms with Crippen LogP contribution in [0.25, 0.3) is 0 Å². The number of hydrogen-bond acceptors (Lipinski definition) is 4. The summed E-state index contributed by atoms with van der Waals surface area (Å²) in [6.45, 7) is 2.15. The molecular weight excluding hydrogens is 242 g/mol. The van der Waals surface area contributed by atoms with Crippen LogP contribution < -0.4 is 5.32 Å². The van der Waals surface area contributed by atoms with Crippen LogP contribution in [0.3, 0.4) is 0 Å². The zero-order chi connectivity index (χ0) is 13.7. The molecule has 5 heteroatoms. The molecule has 1 atom stereocenters. The van der Waals surface area contributed by atoms with Gasteiger partial charge in [-0.15, -0.1) is 0 Å². The van der Waals surface area contributed by atoms with E-state index >= 15 is 0 Å². The van der Waals surface area contributed by atoms with Gasteiger partial charge in [-0.2, -0.15) is 0 Å². The monoisotopic (exact) mass is 263 g/mol. The number of anilines is 1. The van der Waals surface area contributed by atoms with Crippen molar-refractivity contribution in [1.29, 1.82) is 0 Å². The SMILES string of the molecule is CCC(Nc1cncc(C(=O)O)n1)C1CCCCC1. The minimum Gasteiger partial charge on any atom is -0.476 e. The lowest BCUT2D eigenvalue weighted by atomic mass is 9.83. The van der Waals surface area contributed by atoms with Crippen LogP contribution in [-0.2, 0) is 0 Å². The summed E-state index contributed by atoms with van der Waals surface area (Å²) in [5.41, 5.74) is -0.0107. The fourth-order valence-corrected chi connectivity index (χ4v) is 2.82. The quantitative estimate of drug-likeness (QED) is 0.854. The number of hydrogen-bond donors (Lipinski definition) is 2. The fraction of sp³-hybridized carbons (Fsp3) is 0.643. The van der Waals surface area contributed by atoms with Crippen LogP contribution in [-0.4, -0.2) is 27.1 Å². The summed E-state index contributed by atoms with van der Waals surface area (Å²) in [7, 11) is 0. The third-order valence-corrected chi connectivity index (χ3v) is 3.85. The van der Waals surface area contributed by atoms with Crippen molar-refractivity contribution in [3.8, 4) is 0 Å². The molecule has 1 aromatic rings. The van der Waals surface area contributed by atoms with Gasteiger partial charge in [-0.3, -0.25) is 4.98 Å². The van der Waals surface area contributed by atoms with Crippen LogP contribution in [0.15, 0.2) is 12.4 Å². The molecular formula is C14H21N3O2. The maximum Gasteiger partial charge on any atom is 0.356 e. The van der Waals surface area contributed by atoms with E-state index in [1.165, 1.54) is 38.3 Å². The molecule has 1 fully saturated rings. The van der Waals surface area contributed by atoms with Gasteiger partial charge in [-0.1, -0.05) is 26.2 Å². The molecule has 1 aliphatic carbocycles. The maximum atomic E-state index is 10.9. The lowest BCUT2D eigenvalue weighted by Crippen LogP contribution is -2.30. The number of rotatable bonds is 5. The summed E-state index contributed by atoms with van der Waals surface area (Å²) >= 11 is 0. The van der Waals surface area contributed by atoms with E-state index in [0.29, 0.717) is 17.8 Å². The number of aromatic carboxylic acids is 1. The highest BCUT2D eigenvalue weighted by molar-refractivity contribution is 5.85. The summed E-state index contributed by atoms with van der Waals surface area (Å²) < 4.78 is 0. The van der Waals surface area contributed by atoms with Crippen LogP contribution >= 0.6 is 0 Å². The average Bonchev–Trinajstić information content (AvgIpc) is 2.46. The van der Waals surface area contributed by atoms with Gasteiger partial charge in [-0.25, -0.2) is 9.78 Å². The van der Waals surface area contributed by atoms with Crippen molar-refractivity contribution in [2.24, 2.45) is 5.92 Å². The van der Waals surface area contributed by atoms with Crippen LogP contribution in [0.2, 0.25) is 0 Å². The first kappa shape index (κ1) is 13.8. The van der Waals surface area contributed by atoms with Gasteiger partial charge >= 0.3 is 5.97 Å². The Hall–Kier alpha value is -1.65. The highest BCUT2D eigenvalue weighted by Crippen LogP contribution is 2.29. The summed E-state index contributed by atoms with van der Waals surface area (Å²) in [5.74, 6) is 0.188. The molecule has 1 aliphatic rings. The zero-order valence-corrected chi connectivity index (χ0v) is 11.3. The number of carboxylic acid groups (broad SMARTS) is 1. The molecule has 0 amide bonds. The molecule has 1 heterocycles. The Morgan fingerprint density at radius 1 is 1.42 bits per heavy atom. The summed E-state index contributed by atoms with van der Waals surface area (Å²) in [4.78, 5) is 18.9. The number of carboxylic acids is 1. The highest BCUT2D eigenvalue weighted by atomic mass is 16.4. The first-order chi connectivity index (χ1) is 9.20. The smallest absolute Gasteiger partial charge is 0.356 e. The summed E-state index contributed by atoms with van der Waals surface area (Å²) in [6.07, 6.45) is 10.3. The predicted octanol–water partition coefficient (Wildman–Crippen LogP) is 2.95. The Morgan fingerprint density at radius 2 is 2.16 bits per heavy atom. The van der Waals surface area contributed by atoms with Gasteiger partial charge in [-0.05, 0) is 25.2 Å². The topological polar surface area (TPSA) is 75.1 Å². The normalized spacial score (nSPS) is 17.9. The third-order valence-electron chi connectivity index (χ3n) is 3.85. The molecule has 1 aromatic heterocycles. The standard InChI is InChI=1S/C14H21N3O2/c1-2-11(10-6-4-3-5-7-10)16-13-9-15-8-12(17-13)14(18)19/h8-11H,2-7H2,1H3,(H,16,17)(H,18,19). The lowest BCUT2D eigenvalue weighted by Gasteiger charge is -2.30. The van der Waals surface area contributed by atoms with Crippen LogP contribution in [0, 0.1) is 5.92 Å². The Morgan fingerprint density at radius 3 is 2.79 bits per heavy atom. The highest BCUT2D eigenvalue weighted by Gasteiger charge is 2.22. The second kappa shape index (κ2) is 6.50. The van der Waals surface area contributed by atoms with Gasteiger partial charge in [0.1, 0.15) is 5.82 Å². The van der Waals surface area contributed by atoms with E-state index in [-0.39, 0.29) is 5.69 Å². The largest absolute Gasteiger partial charge is 0.476 e. The second-order valence-corrected chi connectivity index (χ2v) is 5.15. The molecule has 0 aromatic carbocycles. The molecule has 0 radical (unpaired) electrons. The molecule has 0 aliphatic heterocycles.